The van der Waals surface area contributed by atoms with Crippen molar-refractivity contribution < 1.29 is 9.32 Å². The molecule has 0 unspecified atom stereocenters. The summed E-state index contributed by atoms with van der Waals surface area (Å²) in [5.41, 5.74) is 6.35. The quantitative estimate of drug-likeness (QED) is 0.654. The minimum atomic E-state index is -0.120. The van der Waals surface area contributed by atoms with E-state index in [0.717, 1.165) is 4.90 Å². The lowest BCUT2D eigenvalue weighted by atomic mass is 10.3. The van der Waals surface area contributed by atoms with Gasteiger partial charge in [0.15, 0.2) is 5.82 Å². The van der Waals surface area contributed by atoms with Crippen LogP contribution < -0.4 is 11.1 Å². The van der Waals surface area contributed by atoms with Crippen molar-refractivity contribution in [3.8, 4) is 0 Å². The van der Waals surface area contributed by atoms with Gasteiger partial charge >= 0.3 is 0 Å². The van der Waals surface area contributed by atoms with Crippen LogP contribution in [-0.4, -0.2) is 16.8 Å². The molecule has 0 saturated carbocycles. The van der Waals surface area contributed by atoms with Gasteiger partial charge in [0.25, 0.3) is 0 Å². The Balaban J connectivity index is 1.80. The smallest absolute Gasteiger partial charge is 0.226 e. The van der Waals surface area contributed by atoms with Gasteiger partial charge < -0.3 is 15.6 Å². The molecule has 3 N–H and O–H groups in total. The number of nitrogens with two attached hydrogens (primary N) is 1. The molecular weight excluding hydrogens is 298 g/mol. The monoisotopic (exact) mass is 311 g/mol. The van der Waals surface area contributed by atoms with Crippen LogP contribution in [0.1, 0.15) is 12.2 Å². The summed E-state index contributed by atoms with van der Waals surface area (Å²) in [6, 6.07) is 6.95. The van der Waals surface area contributed by atoms with Crippen molar-refractivity contribution in [1.29, 1.82) is 0 Å². The van der Waals surface area contributed by atoms with Crippen LogP contribution in [0.3, 0.4) is 0 Å². The van der Waals surface area contributed by atoms with E-state index < -0.39 is 0 Å². The maximum absolute atomic E-state index is 11.7. The average molecular weight is 312 g/mol. The Morgan fingerprint density at radius 3 is 3.00 bits per heavy atom. The highest BCUT2D eigenvalue weighted by atomic mass is 35.5. The van der Waals surface area contributed by atoms with Crippen LogP contribution in [0, 0.1) is 6.92 Å². The summed E-state index contributed by atoms with van der Waals surface area (Å²) in [5, 5.41) is 6.99. The van der Waals surface area contributed by atoms with Crippen LogP contribution in [0.15, 0.2) is 33.7 Å². The third kappa shape index (κ3) is 4.18. The molecule has 5 nitrogen and oxygen atoms in total. The first kappa shape index (κ1) is 14.7. The number of carbonyl (C=O) groups is 1. The number of rotatable bonds is 5. The van der Waals surface area contributed by atoms with Gasteiger partial charge in [-0.3, -0.25) is 4.79 Å². The topological polar surface area (TPSA) is 81.2 Å². The standard InChI is InChI=1S/C13H14ClN3O2S/c1-8-6-12(17-19-8)16-13(18)4-5-20-11-7-9(15)2-3-10(11)14/h2-3,6-7H,4-5,15H2,1H3,(H,16,17,18). The van der Waals surface area contributed by atoms with Crippen molar-refractivity contribution in [2.24, 2.45) is 0 Å². The Labute approximate surface area is 125 Å². The highest BCUT2D eigenvalue weighted by Crippen LogP contribution is 2.29. The van der Waals surface area contributed by atoms with E-state index in [-0.39, 0.29) is 5.91 Å². The lowest BCUT2D eigenvalue weighted by Gasteiger charge is -2.05. The SMILES string of the molecule is Cc1cc(NC(=O)CCSc2cc(N)ccc2Cl)no1. The van der Waals surface area contributed by atoms with E-state index in [0.29, 0.717) is 34.5 Å². The minimum Gasteiger partial charge on any atom is -0.399 e. The second kappa shape index (κ2) is 6.67. The van der Waals surface area contributed by atoms with Crippen molar-refractivity contribution >= 4 is 40.8 Å². The molecule has 20 heavy (non-hydrogen) atoms. The average Bonchev–Trinajstić information content (AvgIpc) is 2.79. The van der Waals surface area contributed by atoms with E-state index in [1.807, 2.05) is 0 Å². The molecule has 0 saturated heterocycles. The fourth-order valence-electron chi connectivity index (χ4n) is 1.51. The second-order valence-electron chi connectivity index (χ2n) is 4.16. The van der Waals surface area contributed by atoms with Crippen molar-refractivity contribution in [3.63, 3.8) is 0 Å². The number of anilines is 2. The molecule has 1 amide bonds. The molecule has 0 aliphatic rings. The van der Waals surface area contributed by atoms with Crippen LogP contribution in [-0.2, 0) is 4.79 Å². The number of hydrogen-bond acceptors (Lipinski definition) is 5. The Bertz CT molecular complexity index is 615. The number of thioether (sulfide) groups is 1. The van der Waals surface area contributed by atoms with E-state index >= 15 is 0 Å². The number of aromatic nitrogens is 1. The van der Waals surface area contributed by atoms with Gasteiger partial charge in [0.05, 0.1) is 5.02 Å². The molecule has 0 atom stereocenters. The second-order valence-corrected chi connectivity index (χ2v) is 5.70. The molecule has 106 valence electrons. The van der Waals surface area contributed by atoms with Gasteiger partial charge in [-0.05, 0) is 25.1 Å². The summed E-state index contributed by atoms with van der Waals surface area (Å²) < 4.78 is 4.87. The molecule has 0 aliphatic carbocycles. The number of nitrogens with zero attached hydrogens (tertiary/aromatic N) is 1. The van der Waals surface area contributed by atoms with Crippen molar-refractivity contribution in [3.05, 3.63) is 35.0 Å². The van der Waals surface area contributed by atoms with Crippen LogP contribution >= 0.6 is 23.4 Å². The van der Waals surface area contributed by atoms with E-state index in [4.69, 9.17) is 21.9 Å². The fourth-order valence-corrected chi connectivity index (χ4v) is 2.73. The van der Waals surface area contributed by atoms with Gasteiger partial charge in [0.2, 0.25) is 5.91 Å². The summed E-state index contributed by atoms with van der Waals surface area (Å²) >= 11 is 7.53. The first-order valence-corrected chi connectivity index (χ1v) is 7.32. The van der Waals surface area contributed by atoms with Crippen LogP contribution in [0.4, 0.5) is 11.5 Å². The van der Waals surface area contributed by atoms with E-state index in [1.54, 1.807) is 31.2 Å². The minimum absolute atomic E-state index is 0.120. The van der Waals surface area contributed by atoms with Crippen LogP contribution in [0.2, 0.25) is 5.02 Å². The molecule has 1 heterocycles. The van der Waals surface area contributed by atoms with Gasteiger partial charge in [0, 0.05) is 28.8 Å². The summed E-state index contributed by atoms with van der Waals surface area (Å²) in [5.74, 6) is 1.57. The highest BCUT2D eigenvalue weighted by Gasteiger charge is 2.07. The zero-order chi connectivity index (χ0) is 14.5. The molecule has 0 bridgehead atoms. The summed E-state index contributed by atoms with van der Waals surface area (Å²) in [4.78, 5) is 12.6. The van der Waals surface area contributed by atoms with Crippen molar-refractivity contribution in [2.45, 2.75) is 18.2 Å². The molecule has 0 fully saturated rings. The number of hydrogen-bond donors (Lipinski definition) is 2. The largest absolute Gasteiger partial charge is 0.399 e. The maximum atomic E-state index is 11.7. The highest BCUT2D eigenvalue weighted by molar-refractivity contribution is 7.99. The van der Waals surface area contributed by atoms with Gasteiger partial charge in [-0.2, -0.15) is 0 Å². The van der Waals surface area contributed by atoms with Crippen LogP contribution in [0.25, 0.3) is 0 Å². The number of nitrogen functional groups attached to an aromatic ring is 1. The maximum Gasteiger partial charge on any atom is 0.226 e. The van der Waals surface area contributed by atoms with Gasteiger partial charge in [0.1, 0.15) is 5.76 Å². The zero-order valence-corrected chi connectivity index (χ0v) is 12.4. The summed E-state index contributed by atoms with van der Waals surface area (Å²) in [7, 11) is 0. The lowest BCUT2D eigenvalue weighted by molar-refractivity contribution is -0.115. The third-order valence-electron chi connectivity index (χ3n) is 2.44. The molecule has 0 aliphatic heterocycles. The van der Waals surface area contributed by atoms with Gasteiger partial charge in [-0.1, -0.05) is 16.8 Å². The Kier molecular flexibility index (Phi) is 4.92. The molecule has 1 aromatic carbocycles. The van der Waals surface area contributed by atoms with Crippen molar-refractivity contribution in [1.82, 2.24) is 5.16 Å². The summed E-state index contributed by atoms with van der Waals surface area (Å²) in [6.07, 6.45) is 0.349. The van der Waals surface area contributed by atoms with Gasteiger partial charge in [-0.25, -0.2) is 0 Å². The number of aryl methyl sites for hydroxylation is 1. The lowest BCUT2D eigenvalue weighted by Crippen LogP contribution is -2.12. The Morgan fingerprint density at radius 1 is 1.50 bits per heavy atom. The molecule has 0 spiro atoms. The normalized spacial score (nSPS) is 10.5. The van der Waals surface area contributed by atoms with Gasteiger partial charge in [-0.15, -0.1) is 11.8 Å². The predicted octanol–water partition coefficient (Wildman–Crippen LogP) is 3.34. The Morgan fingerprint density at radius 2 is 2.30 bits per heavy atom. The molecule has 0 radical (unpaired) electrons. The molecular formula is C13H14ClN3O2S. The number of amides is 1. The molecule has 2 rings (SSSR count). The molecule has 2 aromatic rings. The Hall–Kier alpha value is -1.66. The zero-order valence-electron chi connectivity index (χ0n) is 10.9. The predicted molar refractivity (Wildman–Crippen MR) is 81.1 cm³/mol. The first-order valence-electron chi connectivity index (χ1n) is 5.95. The number of halogens is 1. The molecule has 1 aromatic heterocycles. The van der Waals surface area contributed by atoms with E-state index in [2.05, 4.69) is 10.5 Å². The number of nitrogens with one attached hydrogen (secondary N) is 1. The molecule has 7 heteroatoms. The van der Waals surface area contributed by atoms with Crippen LogP contribution in [0.5, 0.6) is 0 Å². The summed E-state index contributed by atoms with van der Waals surface area (Å²) in [6.45, 7) is 1.76. The van der Waals surface area contributed by atoms with E-state index in [9.17, 15) is 4.79 Å². The number of benzene rings is 1. The third-order valence-corrected chi connectivity index (χ3v) is 3.94. The number of carbonyl (C=O) groups excluding carboxylic acids is 1. The first-order chi connectivity index (χ1) is 9.54. The van der Waals surface area contributed by atoms with E-state index in [1.165, 1.54) is 11.8 Å². The fraction of sp³-hybridized carbons (Fsp3) is 0.231. The van der Waals surface area contributed by atoms with Crippen molar-refractivity contribution in [2.75, 3.05) is 16.8 Å².